The summed E-state index contributed by atoms with van der Waals surface area (Å²) in [6, 6.07) is 6.74. The fourth-order valence-corrected chi connectivity index (χ4v) is 2.14. The number of ether oxygens (including phenoxy) is 1. The van der Waals surface area contributed by atoms with Crippen molar-refractivity contribution in [2.75, 3.05) is 25.6 Å². The standard InChI is InChI=1S/C13H19NO/c1-15-9-8-14-13-7-6-11-4-2-3-5-12(11)10-13/h6-7,10,14H,2-5,8-9H2,1H3. The van der Waals surface area contributed by atoms with Gasteiger partial charge in [0.2, 0.25) is 0 Å². The largest absolute Gasteiger partial charge is 0.383 e. The SMILES string of the molecule is COCCNc1ccc2c(c1)CCCC2. The second kappa shape index (κ2) is 5.17. The Morgan fingerprint density at radius 2 is 2.00 bits per heavy atom. The molecule has 0 spiro atoms. The topological polar surface area (TPSA) is 21.3 Å². The van der Waals surface area contributed by atoms with Crippen LogP contribution in [0.15, 0.2) is 18.2 Å². The van der Waals surface area contributed by atoms with Gasteiger partial charge >= 0.3 is 0 Å². The molecule has 0 atom stereocenters. The lowest BCUT2D eigenvalue weighted by Gasteiger charge is -2.17. The maximum Gasteiger partial charge on any atom is 0.0635 e. The van der Waals surface area contributed by atoms with E-state index in [1.807, 2.05) is 0 Å². The summed E-state index contributed by atoms with van der Waals surface area (Å²) in [6.07, 6.45) is 5.20. The van der Waals surface area contributed by atoms with Crippen molar-refractivity contribution >= 4 is 5.69 Å². The molecule has 0 aliphatic heterocycles. The summed E-state index contributed by atoms with van der Waals surface area (Å²) < 4.78 is 5.01. The Balaban J connectivity index is 2.00. The monoisotopic (exact) mass is 205 g/mol. The smallest absolute Gasteiger partial charge is 0.0635 e. The molecule has 15 heavy (non-hydrogen) atoms. The molecule has 1 N–H and O–H groups in total. The van der Waals surface area contributed by atoms with Gasteiger partial charge in [0.25, 0.3) is 0 Å². The molecule has 0 bridgehead atoms. The number of hydrogen-bond acceptors (Lipinski definition) is 2. The number of anilines is 1. The van der Waals surface area contributed by atoms with Crippen LogP contribution in [-0.4, -0.2) is 20.3 Å². The molecule has 0 unspecified atom stereocenters. The number of benzene rings is 1. The summed E-state index contributed by atoms with van der Waals surface area (Å²) in [4.78, 5) is 0. The van der Waals surface area contributed by atoms with E-state index in [-0.39, 0.29) is 0 Å². The molecule has 2 heteroatoms. The molecule has 2 rings (SSSR count). The van der Waals surface area contributed by atoms with E-state index in [1.165, 1.54) is 36.9 Å². The quantitative estimate of drug-likeness (QED) is 0.763. The number of nitrogens with one attached hydrogen (secondary N) is 1. The minimum atomic E-state index is 0.761. The lowest BCUT2D eigenvalue weighted by Crippen LogP contribution is -2.09. The minimum Gasteiger partial charge on any atom is -0.383 e. The van der Waals surface area contributed by atoms with E-state index in [0.29, 0.717) is 0 Å². The highest BCUT2D eigenvalue weighted by Gasteiger charge is 2.08. The molecule has 0 fully saturated rings. The number of methoxy groups -OCH3 is 1. The second-order valence-electron chi connectivity index (χ2n) is 4.11. The van der Waals surface area contributed by atoms with Crippen LogP contribution in [-0.2, 0) is 17.6 Å². The highest BCUT2D eigenvalue weighted by molar-refractivity contribution is 5.49. The molecule has 2 nitrogen and oxygen atoms in total. The number of rotatable bonds is 4. The maximum atomic E-state index is 5.01. The van der Waals surface area contributed by atoms with Crippen molar-refractivity contribution in [1.29, 1.82) is 0 Å². The third-order valence-corrected chi connectivity index (χ3v) is 2.98. The van der Waals surface area contributed by atoms with E-state index in [1.54, 1.807) is 12.7 Å². The van der Waals surface area contributed by atoms with Gasteiger partial charge in [0.05, 0.1) is 6.61 Å². The molecule has 0 saturated carbocycles. The van der Waals surface area contributed by atoms with E-state index in [9.17, 15) is 0 Å². The van der Waals surface area contributed by atoms with Gasteiger partial charge in [0, 0.05) is 19.3 Å². The first-order chi connectivity index (χ1) is 7.40. The second-order valence-corrected chi connectivity index (χ2v) is 4.11. The molecule has 1 aliphatic rings. The lowest BCUT2D eigenvalue weighted by molar-refractivity contribution is 0.211. The van der Waals surface area contributed by atoms with E-state index < -0.39 is 0 Å². The van der Waals surface area contributed by atoms with Gasteiger partial charge in [0.15, 0.2) is 0 Å². The van der Waals surface area contributed by atoms with Crippen LogP contribution in [0.4, 0.5) is 5.69 Å². The Kier molecular flexibility index (Phi) is 3.62. The van der Waals surface area contributed by atoms with Crippen molar-refractivity contribution in [3.05, 3.63) is 29.3 Å². The van der Waals surface area contributed by atoms with Crippen molar-refractivity contribution in [3.8, 4) is 0 Å². The zero-order valence-electron chi connectivity index (χ0n) is 9.38. The molecule has 0 radical (unpaired) electrons. The minimum absolute atomic E-state index is 0.761. The lowest BCUT2D eigenvalue weighted by atomic mass is 9.91. The van der Waals surface area contributed by atoms with Crippen LogP contribution >= 0.6 is 0 Å². The Hall–Kier alpha value is -1.02. The molecule has 1 aromatic carbocycles. The maximum absolute atomic E-state index is 5.01. The third kappa shape index (κ3) is 2.72. The van der Waals surface area contributed by atoms with E-state index >= 15 is 0 Å². The molecule has 82 valence electrons. The van der Waals surface area contributed by atoms with Gasteiger partial charge in [-0.25, -0.2) is 0 Å². The predicted molar refractivity (Wildman–Crippen MR) is 63.4 cm³/mol. The summed E-state index contributed by atoms with van der Waals surface area (Å²) in [7, 11) is 1.73. The highest BCUT2D eigenvalue weighted by Crippen LogP contribution is 2.23. The average Bonchev–Trinajstić information content (AvgIpc) is 2.29. The first-order valence-electron chi connectivity index (χ1n) is 5.75. The van der Waals surface area contributed by atoms with Gasteiger partial charge in [-0.15, -0.1) is 0 Å². The summed E-state index contributed by atoms with van der Waals surface area (Å²) in [5, 5.41) is 3.37. The average molecular weight is 205 g/mol. The van der Waals surface area contributed by atoms with Crippen LogP contribution in [0.1, 0.15) is 24.0 Å². The van der Waals surface area contributed by atoms with Gasteiger partial charge in [-0.1, -0.05) is 6.07 Å². The van der Waals surface area contributed by atoms with Gasteiger partial charge in [-0.3, -0.25) is 0 Å². The first kappa shape index (κ1) is 10.5. The van der Waals surface area contributed by atoms with Crippen molar-refractivity contribution in [1.82, 2.24) is 0 Å². The predicted octanol–water partition coefficient (Wildman–Crippen LogP) is 2.62. The zero-order chi connectivity index (χ0) is 10.5. The fraction of sp³-hybridized carbons (Fsp3) is 0.538. The summed E-state index contributed by atoms with van der Waals surface area (Å²) in [6.45, 7) is 1.65. The number of aryl methyl sites for hydroxylation is 2. The Labute approximate surface area is 91.6 Å². The van der Waals surface area contributed by atoms with Crippen molar-refractivity contribution in [2.24, 2.45) is 0 Å². The molecule has 0 amide bonds. The van der Waals surface area contributed by atoms with Crippen LogP contribution in [0.3, 0.4) is 0 Å². The van der Waals surface area contributed by atoms with Crippen molar-refractivity contribution < 1.29 is 4.74 Å². The van der Waals surface area contributed by atoms with Crippen LogP contribution in [0, 0.1) is 0 Å². The third-order valence-electron chi connectivity index (χ3n) is 2.98. The molecule has 0 saturated heterocycles. The normalized spacial score (nSPS) is 14.7. The molecule has 1 aliphatic carbocycles. The number of fused-ring (bicyclic) bond motifs is 1. The Bertz CT molecular complexity index is 322. The van der Waals surface area contributed by atoms with Crippen LogP contribution in [0.25, 0.3) is 0 Å². The van der Waals surface area contributed by atoms with Gasteiger partial charge in [0.1, 0.15) is 0 Å². The molecular weight excluding hydrogens is 186 g/mol. The molecule has 0 heterocycles. The molecule has 0 aromatic heterocycles. The first-order valence-corrected chi connectivity index (χ1v) is 5.75. The summed E-state index contributed by atoms with van der Waals surface area (Å²) >= 11 is 0. The van der Waals surface area contributed by atoms with Crippen LogP contribution in [0.2, 0.25) is 0 Å². The van der Waals surface area contributed by atoms with Crippen molar-refractivity contribution in [3.63, 3.8) is 0 Å². The van der Waals surface area contributed by atoms with Gasteiger partial charge in [-0.2, -0.15) is 0 Å². The summed E-state index contributed by atoms with van der Waals surface area (Å²) in [5.74, 6) is 0. The van der Waals surface area contributed by atoms with E-state index in [4.69, 9.17) is 4.74 Å². The van der Waals surface area contributed by atoms with Crippen LogP contribution < -0.4 is 5.32 Å². The Morgan fingerprint density at radius 1 is 1.20 bits per heavy atom. The Morgan fingerprint density at radius 3 is 2.80 bits per heavy atom. The van der Waals surface area contributed by atoms with Gasteiger partial charge in [-0.05, 0) is 48.9 Å². The van der Waals surface area contributed by atoms with E-state index in [0.717, 1.165) is 13.2 Å². The highest BCUT2D eigenvalue weighted by atomic mass is 16.5. The zero-order valence-corrected chi connectivity index (χ0v) is 9.38. The summed E-state index contributed by atoms with van der Waals surface area (Å²) in [5.41, 5.74) is 4.30. The van der Waals surface area contributed by atoms with Crippen LogP contribution in [0.5, 0.6) is 0 Å². The molecular formula is C13H19NO. The number of hydrogen-bond donors (Lipinski definition) is 1. The molecule has 1 aromatic rings. The fourth-order valence-electron chi connectivity index (χ4n) is 2.14. The van der Waals surface area contributed by atoms with Gasteiger partial charge < -0.3 is 10.1 Å². The van der Waals surface area contributed by atoms with E-state index in [2.05, 4.69) is 23.5 Å². The van der Waals surface area contributed by atoms with Crippen molar-refractivity contribution in [2.45, 2.75) is 25.7 Å².